The van der Waals surface area contributed by atoms with Crippen LogP contribution in [0.1, 0.15) is 37.2 Å². The Bertz CT molecular complexity index is 403. The van der Waals surface area contributed by atoms with E-state index >= 15 is 0 Å². The molecule has 0 bridgehead atoms. The number of morpholine rings is 1. The zero-order valence-electron chi connectivity index (χ0n) is 11.7. The van der Waals surface area contributed by atoms with Gasteiger partial charge in [0.2, 0.25) is 0 Å². The fourth-order valence-electron chi connectivity index (χ4n) is 3.35. The SMILES string of the molecule is CNCc1ccc(CN2CCOC3CCCCC32)o1. The molecule has 4 heteroatoms. The molecule has 0 amide bonds. The van der Waals surface area contributed by atoms with Crippen molar-refractivity contribution in [1.29, 1.82) is 0 Å². The van der Waals surface area contributed by atoms with Crippen molar-refractivity contribution < 1.29 is 9.15 Å². The van der Waals surface area contributed by atoms with Gasteiger partial charge in [0.05, 0.1) is 25.8 Å². The van der Waals surface area contributed by atoms with Gasteiger partial charge < -0.3 is 14.5 Å². The lowest BCUT2D eigenvalue weighted by atomic mass is 9.90. The Labute approximate surface area is 115 Å². The van der Waals surface area contributed by atoms with E-state index in [-0.39, 0.29) is 0 Å². The lowest BCUT2D eigenvalue weighted by molar-refractivity contribution is -0.0927. The normalized spacial score (nSPS) is 28.3. The second-order valence-corrected chi connectivity index (χ2v) is 5.63. The second kappa shape index (κ2) is 6.07. The number of hydrogen-bond donors (Lipinski definition) is 1. The number of hydrogen-bond acceptors (Lipinski definition) is 4. The monoisotopic (exact) mass is 264 g/mol. The first kappa shape index (κ1) is 13.2. The average molecular weight is 264 g/mol. The summed E-state index contributed by atoms with van der Waals surface area (Å²) in [6, 6.07) is 4.78. The molecule has 2 fully saturated rings. The van der Waals surface area contributed by atoms with Crippen LogP contribution in [0.4, 0.5) is 0 Å². The topological polar surface area (TPSA) is 37.6 Å². The third-order valence-electron chi connectivity index (χ3n) is 4.27. The van der Waals surface area contributed by atoms with E-state index in [1.165, 1.54) is 25.7 Å². The maximum absolute atomic E-state index is 5.91. The van der Waals surface area contributed by atoms with Gasteiger partial charge in [0.25, 0.3) is 0 Å². The third kappa shape index (κ3) is 3.02. The Balaban J connectivity index is 1.63. The fraction of sp³-hybridized carbons (Fsp3) is 0.733. The molecule has 106 valence electrons. The lowest BCUT2D eigenvalue weighted by Gasteiger charge is -2.43. The maximum Gasteiger partial charge on any atom is 0.118 e. The number of rotatable bonds is 4. The van der Waals surface area contributed by atoms with E-state index in [1.807, 2.05) is 7.05 Å². The van der Waals surface area contributed by atoms with Gasteiger partial charge in [-0.25, -0.2) is 0 Å². The highest BCUT2D eigenvalue weighted by atomic mass is 16.5. The Hall–Kier alpha value is -0.840. The molecule has 1 aliphatic heterocycles. The zero-order valence-corrected chi connectivity index (χ0v) is 11.7. The van der Waals surface area contributed by atoms with Gasteiger partial charge in [-0.1, -0.05) is 12.8 Å². The molecule has 1 aromatic heterocycles. The summed E-state index contributed by atoms with van der Waals surface area (Å²) in [6.07, 6.45) is 5.61. The van der Waals surface area contributed by atoms with Crippen LogP contribution in [0.15, 0.2) is 16.5 Å². The summed E-state index contributed by atoms with van der Waals surface area (Å²) in [5.41, 5.74) is 0. The van der Waals surface area contributed by atoms with Crippen molar-refractivity contribution in [2.24, 2.45) is 0 Å². The van der Waals surface area contributed by atoms with Gasteiger partial charge in [-0.2, -0.15) is 0 Å². The van der Waals surface area contributed by atoms with Crippen LogP contribution < -0.4 is 5.32 Å². The quantitative estimate of drug-likeness (QED) is 0.904. The molecular formula is C15H24N2O2. The number of furan rings is 1. The molecule has 2 unspecified atom stereocenters. The first-order valence-corrected chi connectivity index (χ1v) is 7.44. The molecule has 1 aliphatic carbocycles. The van der Waals surface area contributed by atoms with Crippen molar-refractivity contribution in [3.63, 3.8) is 0 Å². The largest absolute Gasteiger partial charge is 0.463 e. The average Bonchev–Trinajstić information content (AvgIpc) is 2.87. The molecule has 1 N–H and O–H groups in total. The zero-order chi connectivity index (χ0) is 13.1. The van der Waals surface area contributed by atoms with Gasteiger partial charge in [-0.3, -0.25) is 4.90 Å². The lowest BCUT2D eigenvalue weighted by Crippen LogP contribution is -2.52. The third-order valence-corrected chi connectivity index (χ3v) is 4.27. The maximum atomic E-state index is 5.91. The minimum Gasteiger partial charge on any atom is -0.463 e. The van der Waals surface area contributed by atoms with Gasteiger partial charge in [0, 0.05) is 12.6 Å². The van der Waals surface area contributed by atoms with Crippen LogP contribution in [0.5, 0.6) is 0 Å². The summed E-state index contributed by atoms with van der Waals surface area (Å²) in [5.74, 6) is 2.10. The molecule has 2 heterocycles. The van der Waals surface area contributed by atoms with Crippen LogP contribution in [0.25, 0.3) is 0 Å². The molecule has 4 nitrogen and oxygen atoms in total. The number of ether oxygens (including phenoxy) is 1. The molecule has 2 aliphatic rings. The standard InChI is InChI=1S/C15H24N2O2/c1-16-10-12-6-7-13(19-12)11-17-8-9-18-15-5-3-2-4-14(15)17/h6-7,14-16H,2-5,8-11H2,1H3. The van der Waals surface area contributed by atoms with Gasteiger partial charge >= 0.3 is 0 Å². The summed E-state index contributed by atoms with van der Waals surface area (Å²) >= 11 is 0. The molecule has 2 atom stereocenters. The van der Waals surface area contributed by atoms with Gasteiger partial charge in [0.1, 0.15) is 11.5 Å². The predicted molar refractivity (Wildman–Crippen MR) is 73.9 cm³/mol. The van der Waals surface area contributed by atoms with Crippen molar-refractivity contribution >= 4 is 0 Å². The number of nitrogens with one attached hydrogen (secondary N) is 1. The minimum atomic E-state index is 0.453. The van der Waals surface area contributed by atoms with E-state index in [9.17, 15) is 0 Å². The van der Waals surface area contributed by atoms with Crippen LogP contribution in [0, 0.1) is 0 Å². The highest BCUT2D eigenvalue weighted by Crippen LogP contribution is 2.29. The van der Waals surface area contributed by atoms with Crippen molar-refractivity contribution in [3.8, 4) is 0 Å². The van der Waals surface area contributed by atoms with Crippen LogP contribution in [-0.4, -0.2) is 37.2 Å². The van der Waals surface area contributed by atoms with Crippen molar-refractivity contribution in [3.05, 3.63) is 23.7 Å². The molecule has 0 spiro atoms. The van der Waals surface area contributed by atoms with Crippen molar-refractivity contribution in [2.45, 2.75) is 50.9 Å². The number of fused-ring (bicyclic) bond motifs is 1. The summed E-state index contributed by atoms with van der Waals surface area (Å²) < 4.78 is 11.8. The first-order chi connectivity index (χ1) is 9.36. The predicted octanol–water partition coefficient (Wildman–Crippen LogP) is 2.14. The second-order valence-electron chi connectivity index (χ2n) is 5.63. The summed E-state index contributed by atoms with van der Waals surface area (Å²) in [4.78, 5) is 2.55. The van der Waals surface area contributed by atoms with E-state index in [2.05, 4.69) is 22.3 Å². The molecule has 19 heavy (non-hydrogen) atoms. The molecule has 0 radical (unpaired) electrons. The van der Waals surface area contributed by atoms with E-state index in [0.717, 1.165) is 37.8 Å². The first-order valence-electron chi connectivity index (χ1n) is 7.44. The smallest absolute Gasteiger partial charge is 0.118 e. The number of nitrogens with zero attached hydrogens (tertiary/aromatic N) is 1. The molecule has 3 rings (SSSR count). The Morgan fingerprint density at radius 3 is 3.00 bits per heavy atom. The van der Waals surface area contributed by atoms with E-state index in [4.69, 9.17) is 9.15 Å². The van der Waals surface area contributed by atoms with Crippen LogP contribution in [-0.2, 0) is 17.8 Å². The summed E-state index contributed by atoms with van der Waals surface area (Å²) in [5, 5.41) is 3.12. The molecule has 1 aromatic rings. The van der Waals surface area contributed by atoms with E-state index in [1.54, 1.807) is 0 Å². The summed E-state index contributed by atoms with van der Waals surface area (Å²) in [6.45, 7) is 3.62. The minimum absolute atomic E-state index is 0.453. The Morgan fingerprint density at radius 2 is 2.11 bits per heavy atom. The fourth-order valence-corrected chi connectivity index (χ4v) is 3.35. The van der Waals surface area contributed by atoms with Crippen molar-refractivity contribution in [1.82, 2.24) is 10.2 Å². The van der Waals surface area contributed by atoms with Crippen molar-refractivity contribution in [2.75, 3.05) is 20.2 Å². The van der Waals surface area contributed by atoms with Crippen LogP contribution >= 0.6 is 0 Å². The van der Waals surface area contributed by atoms with Crippen LogP contribution in [0.2, 0.25) is 0 Å². The van der Waals surface area contributed by atoms with Crippen LogP contribution in [0.3, 0.4) is 0 Å². The van der Waals surface area contributed by atoms with Gasteiger partial charge in [-0.15, -0.1) is 0 Å². The van der Waals surface area contributed by atoms with E-state index < -0.39 is 0 Å². The molecular weight excluding hydrogens is 240 g/mol. The van der Waals surface area contributed by atoms with Gasteiger partial charge in [0.15, 0.2) is 0 Å². The Morgan fingerprint density at radius 1 is 1.26 bits per heavy atom. The van der Waals surface area contributed by atoms with E-state index in [0.29, 0.717) is 12.1 Å². The van der Waals surface area contributed by atoms with Gasteiger partial charge in [-0.05, 0) is 32.0 Å². The molecule has 1 saturated heterocycles. The molecule has 0 aromatic carbocycles. The Kier molecular flexibility index (Phi) is 4.21. The molecule has 1 saturated carbocycles. The highest BCUT2D eigenvalue weighted by molar-refractivity contribution is 5.07. The highest BCUT2D eigenvalue weighted by Gasteiger charge is 2.34. The summed E-state index contributed by atoms with van der Waals surface area (Å²) in [7, 11) is 1.94.